The van der Waals surface area contributed by atoms with E-state index in [1.807, 2.05) is 0 Å². The molecule has 0 fully saturated rings. The molecule has 21 heavy (non-hydrogen) atoms. The predicted molar refractivity (Wildman–Crippen MR) is 66.3 cm³/mol. The van der Waals surface area contributed by atoms with Crippen molar-refractivity contribution in [2.45, 2.75) is 32.9 Å². The van der Waals surface area contributed by atoms with Crippen molar-refractivity contribution in [1.29, 1.82) is 0 Å². The van der Waals surface area contributed by atoms with Crippen LogP contribution in [0.3, 0.4) is 0 Å². The molecule has 0 saturated heterocycles. The fourth-order valence-electron chi connectivity index (χ4n) is 1.91. The molecule has 0 amide bonds. The molecule has 1 rings (SSSR count). The first kappa shape index (κ1) is 17.7. The van der Waals surface area contributed by atoms with Gasteiger partial charge in [0.05, 0.1) is 11.3 Å². The maximum atomic E-state index is 12.9. The molecule has 5 nitrogen and oxygen atoms in total. The van der Waals surface area contributed by atoms with Gasteiger partial charge >= 0.3 is 6.18 Å². The molecule has 118 valence electrons. The lowest BCUT2D eigenvalue weighted by Gasteiger charge is -2.25. The van der Waals surface area contributed by atoms with Crippen LogP contribution in [0, 0.1) is 0 Å². The van der Waals surface area contributed by atoms with E-state index in [9.17, 15) is 27.5 Å². The van der Waals surface area contributed by atoms with Gasteiger partial charge in [-0.2, -0.15) is 13.2 Å². The minimum atomic E-state index is -5.33. The van der Waals surface area contributed by atoms with Crippen LogP contribution in [0.15, 0.2) is 23.4 Å². The van der Waals surface area contributed by atoms with E-state index < -0.39 is 19.6 Å². The van der Waals surface area contributed by atoms with Crippen molar-refractivity contribution in [2.75, 3.05) is 0 Å². The Bertz CT molecular complexity index is 580. The Kier molecular flexibility index (Phi) is 5.55. The van der Waals surface area contributed by atoms with Gasteiger partial charge in [0.25, 0.3) is 0 Å². The summed E-state index contributed by atoms with van der Waals surface area (Å²) in [5.74, 6) is 0. The normalized spacial score (nSPS) is 13.4. The second-order valence-corrected chi connectivity index (χ2v) is 5.16. The lowest BCUT2D eigenvalue weighted by atomic mass is 9.94. The van der Waals surface area contributed by atoms with Gasteiger partial charge in [-0.05, 0) is 24.5 Å². The number of phosphoric acid groups is 1. The van der Waals surface area contributed by atoms with Gasteiger partial charge in [-0.1, -0.05) is 31.1 Å². The summed E-state index contributed by atoms with van der Waals surface area (Å²) in [6.45, 7) is 3.09. The summed E-state index contributed by atoms with van der Waals surface area (Å²) in [4.78, 5) is 20.9. The number of oxime groups is 1. The quantitative estimate of drug-likeness (QED) is 0.472. The molecule has 1 aromatic carbocycles. The number of halogens is 3. The maximum Gasteiger partial charge on any atom is 0.416 e. The minimum absolute atomic E-state index is 0.0270. The van der Waals surface area contributed by atoms with E-state index in [-0.39, 0.29) is 29.7 Å². The minimum Gasteiger partial charge on any atom is -0.778 e. The van der Waals surface area contributed by atoms with E-state index in [1.165, 1.54) is 19.1 Å². The number of nitrogens with zero attached hydrogens (tertiary/aromatic N) is 1. The first-order chi connectivity index (χ1) is 9.60. The molecule has 1 aromatic rings. The highest BCUT2D eigenvalue weighted by Gasteiger charge is 2.34. The van der Waals surface area contributed by atoms with Gasteiger partial charge in [0.15, 0.2) is 0 Å². The number of hydrogen-bond acceptors (Lipinski definition) is 5. The van der Waals surface area contributed by atoms with Crippen molar-refractivity contribution in [3.63, 3.8) is 0 Å². The molecule has 0 aliphatic rings. The first-order valence-electron chi connectivity index (χ1n) is 6.07. The van der Waals surface area contributed by atoms with E-state index in [0.29, 0.717) is 0 Å². The Balaban J connectivity index is 3.37. The molecule has 9 heteroatoms. The second-order valence-electron chi connectivity index (χ2n) is 4.10. The van der Waals surface area contributed by atoms with E-state index >= 15 is 0 Å². The van der Waals surface area contributed by atoms with Gasteiger partial charge in [-0.15, -0.1) is 0 Å². The number of benzene rings is 1. The zero-order chi connectivity index (χ0) is 16.3. The monoisotopic (exact) mass is 323 g/mol. The SMILES string of the molecule is CCC(=NOP(=O)([O-])[O-])c1cccc(C(F)(F)F)c1CC. The highest BCUT2D eigenvalue weighted by molar-refractivity contribution is 7.43. The topological polar surface area (TPSA) is 84.8 Å². The largest absolute Gasteiger partial charge is 0.778 e. The maximum absolute atomic E-state index is 12.9. The fraction of sp³-hybridized carbons (Fsp3) is 0.417. The molecule has 0 bridgehead atoms. The van der Waals surface area contributed by atoms with Crippen molar-refractivity contribution in [2.24, 2.45) is 5.16 Å². The predicted octanol–water partition coefficient (Wildman–Crippen LogP) is 2.23. The summed E-state index contributed by atoms with van der Waals surface area (Å²) in [7, 11) is -5.33. The van der Waals surface area contributed by atoms with Crippen LogP contribution in [0.1, 0.15) is 37.0 Å². The molecule has 0 spiro atoms. The third kappa shape index (κ3) is 4.84. The molecule has 0 unspecified atom stereocenters. The number of hydrogen-bond donors (Lipinski definition) is 0. The number of rotatable bonds is 5. The van der Waals surface area contributed by atoms with Crippen molar-refractivity contribution < 1.29 is 32.1 Å². The molecule has 0 N–H and O–H groups in total. The standard InChI is InChI=1S/C12H15F3NO4P/c1-3-8-9(6-5-7-10(8)12(13,14)15)11(4-2)16-20-21(17,18)19/h5-7H,3-4H2,1-2H3,(H2,17,18,19)/p-2. The van der Waals surface area contributed by atoms with Gasteiger partial charge in [0.1, 0.15) is 7.82 Å². The van der Waals surface area contributed by atoms with Crippen molar-refractivity contribution in [1.82, 2.24) is 0 Å². The van der Waals surface area contributed by atoms with Crippen LogP contribution in [0.25, 0.3) is 0 Å². The molecule has 0 radical (unpaired) electrons. The highest BCUT2D eigenvalue weighted by atomic mass is 31.2. The van der Waals surface area contributed by atoms with Crippen molar-refractivity contribution in [3.8, 4) is 0 Å². The Morgan fingerprint density at radius 1 is 1.33 bits per heavy atom. The summed E-state index contributed by atoms with van der Waals surface area (Å²) >= 11 is 0. The van der Waals surface area contributed by atoms with Crippen molar-refractivity contribution in [3.05, 3.63) is 34.9 Å². The summed E-state index contributed by atoms with van der Waals surface area (Å²) in [5, 5.41) is 3.18. The lowest BCUT2D eigenvalue weighted by molar-refractivity contribution is -0.341. The van der Waals surface area contributed by atoms with Gasteiger partial charge in [0.2, 0.25) is 0 Å². The average molecular weight is 323 g/mol. The van der Waals surface area contributed by atoms with Crippen LogP contribution >= 0.6 is 7.82 Å². The van der Waals surface area contributed by atoms with Crippen LogP contribution in [-0.2, 0) is 21.8 Å². The van der Waals surface area contributed by atoms with E-state index in [2.05, 4.69) is 9.78 Å². The lowest BCUT2D eigenvalue weighted by Crippen LogP contribution is -2.16. The Morgan fingerprint density at radius 3 is 2.38 bits per heavy atom. The van der Waals surface area contributed by atoms with Crippen LogP contribution in [0.4, 0.5) is 13.2 Å². The summed E-state index contributed by atoms with van der Waals surface area (Å²) in [6.07, 6.45) is -4.36. The van der Waals surface area contributed by atoms with Crippen LogP contribution in [0.2, 0.25) is 0 Å². The zero-order valence-corrected chi connectivity index (χ0v) is 12.2. The van der Waals surface area contributed by atoms with E-state index in [4.69, 9.17) is 0 Å². The van der Waals surface area contributed by atoms with Gasteiger partial charge in [-0.25, -0.2) is 0 Å². The summed E-state index contributed by atoms with van der Waals surface area (Å²) in [6, 6.07) is 3.50. The third-order valence-corrected chi connectivity index (χ3v) is 3.01. The van der Waals surface area contributed by atoms with Crippen LogP contribution in [-0.4, -0.2) is 5.71 Å². The molecule has 0 atom stereocenters. The fourth-order valence-corrected chi connectivity index (χ4v) is 2.11. The molecule has 0 saturated carbocycles. The molecular weight excluding hydrogens is 310 g/mol. The van der Waals surface area contributed by atoms with Gasteiger partial charge < -0.3 is 19.0 Å². The Labute approximate surface area is 119 Å². The molecule has 0 aliphatic heterocycles. The smallest absolute Gasteiger partial charge is 0.416 e. The van der Waals surface area contributed by atoms with Gasteiger partial charge in [-0.3, -0.25) is 0 Å². The molecule has 0 aromatic heterocycles. The number of alkyl halides is 3. The highest BCUT2D eigenvalue weighted by Crippen LogP contribution is 2.34. The van der Waals surface area contributed by atoms with Crippen LogP contribution < -0.4 is 9.79 Å². The molecule has 0 aliphatic carbocycles. The first-order valence-corrected chi connectivity index (χ1v) is 7.53. The summed E-state index contributed by atoms with van der Waals surface area (Å²) in [5.41, 5.74) is -0.773. The summed E-state index contributed by atoms with van der Waals surface area (Å²) < 4.78 is 53.1. The van der Waals surface area contributed by atoms with E-state index in [0.717, 1.165) is 6.07 Å². The average Bonchev–Trinajstić information content (AvgIpc) is 2.36. The molecule has 0 heterocycles. The third-order valence-electron chi connectivity index (χ3n) is 2.73. The van der Waals surface area contributed by atoms with E-state index in [1.54, 1.807) is 6.92 Å². The second kappa shape index (κ2) is 6.60. The molecular formula is C12H13F3NO4P-2. The Morgan fingerprint density at radius 2 is 1.95 bits per heavy atom. The van der Waals surface area contributed by atoms with Crippen LogP contribution in [0.5, 0.6) is 0 Å². The zero-order valence-electron chi connectivity index (χ0n) is 11.3. The Hall–Kier alpha value is -1.37. The van der Waals surface area contributed by atoms with Crippen molar-refractivity contribution >= 4 is 13.5 Å². The van der Waals surface area contributed by atoms with Gasteiger partial charge in [0, 0.05) is 5.56 Å².